The molecule has 0 amide bonds. The Morgan fingerprint density at radius 2 is 1.82 bits per heavy atom. The van der Waals surface area contributed by atoms with Crippen LogP contribution in [0.2, 0.25) is 0 Å². The van der Waals surface area contributed by atoms with E-state index in [0.29, 0.717) is 0 Å². The number of aromatic nitrogens is 4. The number of halogens is 2. The van der Waals surface area contributed by atoms with Crippen molar-refractivity contribution in [2.75, 3.05) is 7.11 Å². The maximum atomic E-state index is 14.8. The van der Waals surface area contributed by atoms with E-state index in [1.165, 1.54) is 29.9 Å². The second kappa shape index (κ2) is 11.5. The topological polar surface area (TPSA) is 121 Å². The van der Waals surface area contributed by atoms with Crippen LogP contribution in [0.5, 0.6) is 11.6 Å². The second-order valence-corrected chi connectivity index (χ2v) is 8.23. The van der Waals surface area contributed by atoms with E-state index in [4.69, 9.17) is 4.74 Å². The van der Waals surface area contributed by atoms with Gasteiger partial charge in [0, 0.05) is 18.7 Å². The molecule has 2 heterocycles. The highest BCUT2D eigenvalue weighted by molar-refractivity contribution is 5.68. The summed E-state index contributed by atoms with van der Waals surface area (Å²) in [6.07, 6.45) is 0.754. The van der Waals surface area contributed by atoms with Gasteiger partial charge in [-0.25, -0.2) is 32.9 Å². The zero-order valence-electron chi connectivity index (χ0n) is 20.5. The Bertz CT molecular complexity index is 1640. The Morgan fingerprint density at radius 3 is 2.47 bits per heavy atom. The van der Waals surface area contributed by atoms with E-state index in [1.54, 1.807) is 0 Å². The molecular weight excluding hydrogens is 500 g/mol. The Hall–Kier alpha value is -4.87. The first-order valence-corrected chi connectivity index (χ1v) is 11.4. The molecule has 0 radical (unpaired) electrons. The number of esters is 1. The molecule has 0 atom stereocenters. The number of ether oxygens (including phenoxy) is 2. The third kappa shape index (κ3) is 6.27. The van der Waals surface area contributed by atoms with Crippen molar-refractivity contribution in [3.63, 3.8) is 0 Å². The van der Waals surface area contributed by atoms with E-state index in [1.807, 2.05) is 31.2 Å². The molecule has 0 aliphatic heterocycles. The van der Waals surface area contributed by atoms with Crippen LogP contribution in [0.4, 0.5) is 14.5 Å². The minimum Gasteiger partial charge on any atom is -0.469 e. The number of carbonyl (C=O) groups is 1. The van der Waals surface area contributed by atoms with Gasteiger partial charge in [-0.2, -0.15) is 0 Å². The van der Waals surface area contributed by atoms with Crippen LogP contribution < -0.4 is 21.7 Å². The fourth-order valence-electron chi connectivity index (χ4n) is 3.46. The largest absolute Gasteiger partial charge is 0.469 e. The summed E-state index contributed by atoms with van der Waals surface area (Å²) < 4.78 is 39.8. The Labute approximate surface area is 214 Å². The molecule has 2 aromatic heterocycles. The minimum atomic E-state index is -0.795. The average Bonchev–Trinajstić information content (AvgIpc) is 2.90. The highest BCUT2D eigenvalue weighted by Crippen LogP contribution is 2.26. The fourth-order valence-corrected chi connectivity index (χ4v) is 3.46. The second-order valence-electron chi connectivity index (χ2n) is 8.23. The summed E-state index contributed by atoms with van der Waals surface area (Å²) in [6, 6.07) is 13.5. The van der Waals surface area contributed by atoms with Gasteiger partial charge >= 0.3 is 17.3 Å². The number of nitrogens with one attached hydrogen (secondary N) is 1. The maximum absolute atomic E-state index is 14.8. The van der Waals surface area contributed by atoms with Crippen LogP contribution in [0.15, 0.2) is 75.4 Å². The molecule has 4 aromatic rings. The van der Waals surface area contributed by atoms with Gasteiger partial charge in [0.25, 0.3) is 0 Å². The molecule has 0 spiro atoms. The van der Waals surface area contributed by atoms with Crippen molar-refractivity contribution in [2.24, 2.45) is 4.99 Å². The predicted octanol–water partition coefficient (Wildman–Crippen LogP) is 2.96. The number of methoxy groups -OCH3 is 1. The Kier molecular flexibility index (Phi) is 7.90. The van der Waals surface area contributed by atoms with Gasteiger partial charge in [0.15, 0.2) is 11.6 Å². The molecular formula is C26H23F2N5O5. The van der Waals surface area contributed by atoms with Gasteiger partial charge in [-0.1, -0.05) is 29.8 Å². The summed E-state index contributed by atoms with van der Waals surface area (Å²) in [4.78, 5) is 48.1. The van der Waals surface area contributed by atoms with E-state index in [2.05, 4.69) is 19.7 Å². The van der Waals surface area contributed by atoms with Crippen LogP contribution in [0.3, 0.4) is 0 Å². The van der Waals surface area contributed by atoms with Crippen molar-refractivity contribution >= 4 is 11.7 Å². The number of nitrogens with zero attached hydrogens (tertiary/aromatic N) is 4. The first-order valence-electron chi connectivity index (χ1n) is 11.4. The number of carbonyl (C=O) groups excluding carboxylic acids is 1. The number of rotatable bonds is 8. The number of aromatic amines is 1. The van der Waals surface area contributed by atoms with Gasteiger partial charge < -0.3 is 9.47 Å². The summed E-state index contributed by atoms with van der Waals surface area (Å²) in [6.45, 7) is 1.77. The van der Waals surface area contributed by atoms with E-state index in [0.717, 1.165) is 34.0 Å². The molecule has 1 N–H and O–H groups in total. The molecule has 0 bridgehead atoms. The highest BCUT2D eigenvalue weighted by Gasteiger charge is 2.13. The van der Waals surface area contributed by atoms with E-state index < -0.39 is 29.0 Å². The molecule has 2 aromatic carbocycles. The lowest BCUT2D eigenvalue weighted by Gasteiger charge is -2.11. The lowest BCUT2D eigenvalue weighted by atomic mass is 10.1. The van der Waals surface area contributed by atoms with Crippen LogP contribution in [-0.4, -0.2) is 32.2 Å². The first-order chi connectivity index (χ1) is 18.2. The number of hydrogen-bond acceptors (Lipinski definition) is 7. The lowest BCUT2D eigenvalue weighted by Crippen LogP contribution is -2.50. The van der Waals surface area contributed by atoms with Crippen LogP contribution in [0.1, 0.15) is 17.5 Å². The quantitative estimate of drug-likeness (QED) is 0.355. The Balaban J connectivity index is 1.74. The number of pyridine rings is 1. The number of benzene rings is 2. The molecule has 0 saturated carbocycles. The molecule has 0 aliphatic carbocycles. The van der Waals surface area contributed by atoms with Crippen molar-refractivity contribution in [2.45, 2.75) is 26.4 Å². The molecule has 0 aliphatic rings. The average molecular weight is 523 g/mol. The van der Waals surface area contributed by atoms with Crippen LogP contribution >= 0.6 is 0 Å². The van der Waals surface area contributed by atoms with Crippen molar-refractivity contribution < 1.29 is 23.0 Å². The zero-order valence-corrected chi connectivity index (χ0v) is 20.5. The molecule has 38 heavy (non-hydrogen) atoms. The summed E-state index contributed by atoms with van der Waals surface area (Å²) in [5, 5.41) is 0. The summed E-state index contributed by atoms with van der Waals surface area (Å²) in [5.74, 6) is -2.12. The van der Waals surface area contributed by atoms with Gasteiger partial charge in [-0.05, 0) is 30.7 Å². The fraction of sp³-hybridized carbons (Fsp3) is 0.192. The summed E-state index contributed by atoms with van der Waals surface area (Å²) in [7, 11) is 1.21. The number of hydrogen-bond donors (Lipinski definition) is 1. The van der Waals surface area contributed by atoms with Gasteiger partial charge in [0.05, 0.1) is 32.0 Å². The highest BCUT2D eigenvalue weighted by atomic mass is 19.1. The number of aryl methyl sites for hydroxylation is 1. The van der Waals surface area contributed by atoms with Crippen molar-refractivity contribution in [1.82, 2.24) is 19.1 Å². The SMILES string of the molecule is COC(=O)CCn1c(=O)[nH]/c(=N\c2ccc(Oc3ccc(F)cn3)c(F)c2)n(Cc2ccc(C)cc2)c1=O. The molecule has 10 nitrogen and oxygen atoms in total. The van der Waals surface area contributed by atoms with E-state index >= 15 is 0 Å². The predicted molar refractivity (Wildman–Crippen MR) is 132 cm³/mol. The van der Waals surface area contributed by atoms with Gasteiger partial charge in [0.1, 0.15) is 5.82 Å². The van der Waals surface area contributed by atoms with E-state index in [-0.39, 0.29) is 42.4 Å². The molecule has 196 valence electrons. The summed E-state index contributed by atoms with van der Waals surface area (Å²) in [5.41, 5.74) is 0.238. The van der Waals surface area contributed by atoms with Crippen LogP contribution in [-0.2, 0) is 22.6 Å². The first kappa shape index (κ1) is 26.2. The Morgan fingerprint density at radius 1 is 1.05 bits per heavy atom. The smallest absolute Gasteiger partial charge is 0.335 e. The monoisotopic (exact) mass is 523 g/mol. The molecule has 0 fully saturated rings. The van der Waals surface area contributed by atoms with Crippen LogP contribution in [0, 0.1) is 18.6 Å². The van der Waals surface area contributed by atoms with Crippen molar-refractivity contribution in [3.8, 4) is 11.6 Å². The molecule has 0 unspecified atom stereocenters. The van der Waals surface area contributed by atoms with Crippen LogP contribution in [0.25, 0.3) is 0 Å². The standard InChI is InChI=1S/C26H23F2N5O5/c1-16-3-5-17(6-4-16)15-33-24(31-25(35)32(26(33)36)12-11-23(34)37-2)30-19-8-9-21(20(28)13-19)38-22-10-7-18(27)14-29-22/h3-10,13-14H,11-12,15H2,1-2H3,(H,30,31,35). The van der Waals surface area contributed by atoms with Gasteiger partial charge in [-0.3, -0.25) is 14.3 Å². The van der Waals surface area contributed by atoms with Gasteiger partial charge in [0.2, 0.25) is 11.5 Å². The molecule has 4 rings (SSSR count). The van der Waals surface area contributed by atoms with Crippen molar-refractivity contribution in [3.05, 3.63) is 110 Å². The van der Waals surface area contributed by atoms with E-state index in [9.17, 15) is 23.2 Å². The molecule has 0 saturated heterocycles. The number of H-pyrrole nitrogens is 1. The lowest BCUT2D eigenvalue weighted by molar-refractivity contribution is -0.140. The van der Waals surface area contributed by atoms with Crippen molar-refractivity contribution in [1.29, 1.82) is 0 Å². The minimum absolute atomic E-state index is 0.00850. The summed E-state index contributed by atoms with van der Waals surface area (Å²) >= 11 is 0. The normalized spacial score (nSPS) is 11.4. The third-order valence-corrected chi connectivity index (χ3v) is 5.48. The maximum Gasteiger partial charge on any atom is 0.335 e. The zero-order chi connectivity index (χ0) is 27.2. The third-order valence-electron chi connectivity index (χ3n) is 5.48. The molecule has 12 heteroatoms. The van der Waals surface area contributed by atoms with Gasteiger partial charge in [-0.15, -0.1) is 0 Å².